The van der Waals surface area contributed by atoms with Crippen LogP contribution in [0.2, 0.25) is 5.15 Å². The van der Waals surface area contributed by atoms with Crippen LogP contribution in [-0.4, -0.2) is 15.4 Å². The molecule has 4 nitrogen and oxygen atoms in total. The fourth-order valence-electron chi connectivity index (χ4n) is 0.669. The minimum absolute atomic E-state index is 0.00926. The number of thiol groups is 1. The summed E-state index contributed by atoms with van der Waals surface area (Å²) < 4.78 is -0.997. The van der Waals surface area contributed by atoms with E-state index in [0.29, 0.717) is 0 Å². The molecule has 1 aromatic rings. The van der Waals surface area contributed by atoms with Gasteiger partial charge in [0.25, 0.3) is 0 Å². The van der Waals surface area contributed by atoms with Crippen LogP contribution in [-0.2, 0) is 3.79 Å². The second-order valence-electron chi connectivity index (χ2n) is 2.04. The molecule has 0 saturated heterocycles. The molecule has 0 N–H and O–H groups in total. The number of rotatable bonds is 1. The zero-order chi connectivity index (χ0) is 10.9. The number of alkyl halides is 3. The Hall–Kier alpha value is 0.610. The van der Waals surface area contributed by atoms with Crippen LogP contribution in [0.25, 0.3) is 0 Å². The average molecular weight is 314 g/mol. The van der Waals surface area contributed by atoms with E-state index in [1.165, 1.54) is 0 Å². The van der Waals surface area contributed by atoms with Gasteiger partial charge in [0.1, 0.15) is 0 Å². The molecule has 0 aromatic carbocycles. The largest absolute Gasteiger partial charge is 0.222 e. The highest BCUT2D eigenvalue weighted by atomic mass is 35.6. The number of aromatic nitrogens is 3. The summed E-state index contributed by atoms with van der Waals surface area (Å²) in [5, 5.41) is 10.1. The highest BCUT2D eigenvalue weighted by molar-refractivity contribution is 7.83. The Balaban J connectivity index is 3.38. The molecule has 10 heteroatoms. The van der Waals surface area contributed by atoms with Gasteiger partial charge >= 0.3 is 0 Å². The second-order valence-corrected chi connectivity index (χ2v) is 5.65. The third-order valence-electron chi connectivity index (χ3n) is 1.16. The van der Waals surface area contributed by atoms with Crippen molar-refractivity contribution in [2.45, 2.75) is 3.79 Å². The first-order valence-electron chi connectivity index (χ1n) is 2.95. The van der Waals surface area contributed by atoms with Crippen LogP contribution in [0.4, 0.5) is 5.82 Å². The van der Waals surface area contributed by atoms with Crippen LogP contribution < -0.4 is 3.82 Å². The number of hydrogen-bond acceptors (Lipinski definition) is 5. The van der Waals surface area contributed by atoms with E-state index in [2.05, 4.69) is 28.2 Å². The van der Waals surface area contributed by atoms with E-state index < -0.39 is 3.79 Å². The van der Waals surface area contributed by atoms with Crippen molar-refractivity contribution >= 4 is 76.8 Å². The molecule has 0 aliphatic heterocycles. The SMILES string of the molecule is SN(Cl)c1nnnc(Cl)c1C(Cl)(Cl)Cl. The van der Waals surface area contributed by atoms with Gasteiger partial charge in [-0.3, -0.25) is 0 Å². The molecule has 0 aliphatic carbocycles. The zero-order valence-electron chi connectivity index (χ0n) is 6.13. The van der Waals surface area contributed by atoms with E-state index in [1.807, 2.05) is 0 Å². The Morgan fingerprint density at radius 1 is 1.21 bits per heavy atom. The van der Waals surface area contributed by atoms with Gasteiger partial charge in [0.05, 0.1) is 5.56 Å². The lowest BCUT2D eigenvalue weighted by atomic mass is 10.3. The third-order valence-corrected chi connectivity index (χ3v) is 2.34. The molecular weight excluding hydrogens is 313 g/mol. The molecule has 1 heterocycles. The molecule has 0 saturated carbocycles. The zero-order valence-corrected chi connectivity index (χ0v) is 10.8. The van der Waals surface area contributed by atoms with Crippen LogP contribution in [0.3, 0.4) is 0 Å². The van der Waals surface area contributed by atoms with Crippen molar-refractivity contribution in [3.8, 4) is 0 Å². The molecule has 0 radical (unpaired) electrons. The van der Waals surface area contributed by atoms with Crippen molar-refractivity contribution in [2.75, 3.05) is 3.82 Å². The summed E-state index contributed by atoms with van der Waals surface area (Å²) in [5.41, 5.74) is 0.0177. The van der Waals surface area contributed by atoms with Crippen LogP contribution >= 0.6 is 71.0 Å². The first-order valence-corrected chi connectivity index (χ1v) is 5.20. The lowest BCUT2D eigenvalue weighted by Gasteiger charge is -2.16. The summed E-state index contributed by atoms with van der Waals surface area (Å²) in [5.74, 6) is 0.00926. The quantitative estimate of drug-likeness (QED) is 0.491. The molecule has 0 fully saturated rings. The smallest absolute Gasteiger partial charge is 0.209 e. The van der Waals surface area contributed by atoms with Crippen LogP contribution in [0.15, 0.2) is 0 Å². The van der Waals surface area contributed by atoms with Gasteiger partial charge in [0.2, 0.25) is 3.79 Å². The van der Waals surface area contributed by atoms with Crippen LogP contribution in [0.1, 0.15) is 5.56 Å². The second kappa shape index (κ2) is 4.63. The molecule has 0 aliphatic rings. The Morgan fingerprint density at radius 3 is 2.14 bits per heavy atom. The van der Waals surface area contributed by atoms with Gasteiger partial charge in [-0.1, -0.05) is 46.4 Å². The summed E-state index contributed by atoms with van der Waals surface area (Å²) >= 11 is 31.9. The van der Waals surface area contributed by atoms with Gasteiger partial charge in [-0.05, 0) is 18.0 Å². The Morgan fingerprint density at radius 2 is 1.79 bits per heavy atom. The molecule has 0 amide bonds. The van der Waals surface area contributed by atoms with E-state index in [-0.39, 0.29) is 16.5 Å². The molecule has 0 unspecified atom stereocenters. The molecule has 0 spiro atoms. The standard InChI is InChI=1S/C4HCl5N4S/c5-2-1(4(6,7)8)3(13(9)14)11-12-10-2/h14H. The van der Waals surface area contributed by atoms with Gasteiger partial charge in [-0.25, -0.2) is 3.82 Å². The maximum absolute atomic E-state index is 5.67. The normalized spacial score (nSPS) is 11.6. The lowest BCUT2D eigenvalue weighted by Crippen LogP contribution is -2.12. The van der Waals surface area contributed by atoms with E-state index in [0.717, 1.165) is 3.82 Å². The molecule has 0 bridgehead atoms. The number of halogens is 5. The van der Waals surface area contributed by atoms with Crippen LogP contribution in [0.5, 0.6) is 0 Å². The average Bonchev–Trinajstić information content (AvgIpc) is 2.01. The third kappa shape index (κ3) is 2.81. The highest BCUT2D eigenvalue weighted by Crippen LogP contribution is 2.45. The lowest BCUT2D eigenvalue weighted by molar-refractivity contribution is 0.849. The van der Waals surface area contributed by atoms with Crippen molar-refractivity contribution in [3.05, 3.63) is 10.7 Å². The van der Waals surface area contributed by atoms with E-state index >= 15 is 0 Å². The molecule has 1 aromatic heterocycles. The molecule has 0 atom stereocenters. The van der Waals surface area contributed by atoms with Gasteiger partial charge in [-0.2, -0.15) is 0 Å². The minimum Gasteiger partial charge on any atom is -0.209 e. The number of anilines is 1. The number of nitrogens with zero attached hydrogens (tertiary/aromatic N) is 4. The minimum atomic E-state index is -1.80. The van der Waals surface area contributed by atoms with Gasteiger partial charge in [0, 0.05) is 11.8 Å². The first-order chi connectivity index (χ1) is 6.34. The molecular formula is C4HCl5N4S. The van der Waals surface area contributed by atoms with Crippen LogP contribution in [0, 0.1) is 0 Å². The van der Waals surface area contributed by atoms with E-state index in [4.69, 9.17) is 58.2 Å². The maximum Gasteiger partial charge on any atom is 0.222 e. The topological polar surface area (TPSA) is 41.9 Å². The predicted octanol–water partition coefficient (Wildman–Crippen LogP) is 3.16. The monoisotopic (exact) mass is 312 g/mol. The van der Waals surface area contributed by atoms with E-state index in [9.17, 15) is 0 Å². The van der Waals surface area contributed by atoms with Crippen molar-refractivity contribution < 1.29 is 0 Å². The van der Waals surface area contributed by atoms with Crippen molar-refractivity contribution in [3.63, 3.8) is 0 Å². The fourth-order valence-corrected chi connectivity index (χ4v) is 1.85. The van der Waals surface area contributed by atoms with Crippen molar-refractivity contribution in [1.82, 2.24) is 15.4 Å². The molecule has 1 rings (SSSR count). The van der Waals surface area contributed by atoms with E-state index in [1.54, 1.807) is 0 Å². The van der Waals surface area contributed by atoms with Gasteiger partial charge in [0.15, 0.2) is 11.0 Å². The fraction of sp³-hybridized carbons (Fsp3) is 0.250. The Labute approximate surface area is 110 Å². The van der Waals surface area contributed by atoms with Gasteiger partial charge < -0.3 is 0 Å². The Bertz CT molecular complexity index is 339. The van der Waals surface area contributed by atoms with Gasteiger partial charge in [-0.15, -0.1) is 10.2 Å². The maximum atomic E-state index is 5.67. The highest BCUT2D eigenvalue weighted by Gasteiger charge is 2.33. The van der Waals surface area contributed by atoms with Crippen molar-refractivity contribution in [1.29, 1.82) is 0 Å². The summed E-state index contributed by atoms with van der Waals surface area (Å²) in [4.78, 5) is 0. The molecule has 14 heavy (non-hydrogen) atoms. The summed E-state index contributed by atoms with van der Waals surface area (Å²) in [6, 6.07) is 0. The first kappa shape index (κ1) is 12.7. The predicted molar refractivity (Wildman–Crippen MR) is 61.4 cm³/mol. The molecule has 78 valence electrons. The van der Waals surface area contributed by atoms with Crippen molar-refractivity contribution in [2.24, 2.45) is 0 Å². The summed E-state index contributed by atoms with van der Waals surface area (Å²) in [6.45, 7) is 0. The summed E-state index contributed by atoms with van der Waals surface area (Å²) in [6.07, 6.45) is 0. The number of hydrogen-bond donors (Lipinski definition) is 1. The summed E-state index contributed by atoms with van der Waals surface area (Å²) in [7, 11) is 0. The Kier molecular flexibility index (Phi) is 4.20.